The number of nitrogens with one attached hydrogen (secondary N) is 1. The molecule has 0 saturated carbocycles. The van der Waals surface area contributed by atoms with Crippen molar-refractivity contribution < 1.29 is 4.79 Å². The van der Waals surface area contributed by atoms with Crippen molar-refractivity contribution in [3.63, 3.8) is 0 Å². The number of carbonyl (C=O) groups is 1. The Balaban J connectivity index is 2.18. The van der Waals surface area contributed by atoms with E-state index < -0.39 is 0 Å². The van der Waals surface area contributed by atoms with E-state index in [-0.39, 0.29) is 16.5 Å². The first-order valence-corrected chi connectivity index (χ1v) is 5.61. The quantitative estimate of drug-likeness (QED) is 0.782. The molecule has 0 spiro atoms. The maximum Gasteiger partial charge on any atom is 0.234 e. The highest BCUT2D eigenvalue weighted by Crippen LogP contribution is 2.35. The van der Waals surface area contributed by atoms with E-state index >= 15 is 0 Å². The Morgan fingerprint density at radius 1 is 1.40 bits per heavy atom. The van der Waals surface area contributed by atoms with Gasteiger partial charge in [-0.1, -0.05) is 12.1 Å². The molecule has 0 radical (unpaired) electrons. The Morgan fingerprint density at radius 2 is 2.07 bits per heavy atom. The van der Waals surface area contributed by atoms with Gasteiger partial charge in [0.1, 0.15) is 5.37 Å². The van der Waals surface area contributed by atoms with Gasteiger partial charge >= 0.3 is 0 Å². The van der Waals surface area contributed by atoms with Crippen LogP contribution in [0.5, 0.6) is 0 Å². The molecule has 2 unspecified atom stereocenters. The Kier molecular flexibility index (Phi) is 2.65. The van der Waals surface area contributed by atoms with E-state index in [4.69, 9.17) is 5.26 Å². The van der Waals surface area contributed by atoms with E-state index in [9.17, 15) is 4.79 Å². The number of nitrogens with zero attached hydrogens (tertiary/aromatic N) is 1. The molecule has 3 nitrogen and oxygen atoms in total. The summed E-state index contributed by atoms with van der Waals surface area (Å²) < 4.78 is 0. The second kappa shape index (κ2) is 3.95. The first-order valence-electron chi connectivity index (χ1n) is 4.66. The Morgan fingerprint density at radius 3 is 2.53 bits per heavy atom. The van der Waals surface area contributed by atoms with Gasteiger partial charge in [0, 0.05) is 0 Å². The van der Waals surface area contributed by atoms with Gasteiger partial charge in [-0.3, -0.25) is 4.79 Å². The molecule has 1 aromatic rings. The monoisotopic (exact) mass is 218 g/mol. The summed E-state index contributed by atoms with van der Waals surface area (Å²) in [5.41, 5.74) is 1.68. The Hall–Kier alpha value is -1.47. The molecule has 1 aliphatic heterocycles. The van der Waals surface area contributed by atoms with Gasteiger partial charge < -0.3 is 5.32 Å². The summed E-state index contributed by atoms with van der Waals surface area (Å²) in [5, 5.41) is 11.6. The zero-order valence-electron chi connectivity index (χ0n) is 8.23. The molecule has 1 heterocycles. The highest BCUT2D eigenvalue weighted by atomic mass is 32.2. The van der Waals surface area contributed by atoms with Crippen LogP contribution in [0.25, 0.3) is 0 Å². The molecule has 4 heteroatoms. The SMILES string of the molecule is CC1SC(c2ccc(C#N)cc2)NC1=O. The van der Waals surface area contributed by atoms with Gasteiger partial charge in [0.05, 0.1) is 16.9 Å². The predicted octanol–water partition coefficient (Wildman–Crippen LogP) is 1.81. The number of hydrogen-bond acceptors (Lipinski definition) is 3. The van der Waals surface area contributed by atoms with Crippen LogP contribution in [0, 0.1) is 11.3 Å². The lowest BCUT2D eigenvalue weighted by atomic mass is 10.1. The molecule has 2 rings (SSSR count). The summed E-state index contributed by atoms with van der Waals surface area (Å²) in [6.07, 6.45) is 0. The number of hydrogen-bond donors (Lipinski definition) is 1. The number of benzene rings is 1. The number of rotatable bonds is 1. The zero-order valence-corrected chi connectivity index (χ0v) is 9.04. The molecule has 1 aromatic carbocycles. The molecular weight excluding hydrogens is 208 g/mol. The lowest BCUT2D eigenvalue weighted by Gasteiger charge is -2.08. The van der Waals surface area contributed by atoms with E-state index in [0.717, 1.165) is 5.56 Å². The second-order valence-corrected chi connectivity index (χ2v) is 4.85. The van der Waals surface area contributed by atoms with Crippen LogP contribution in [0.1, 0.15) is 23.4 Å². The van der Waals surface area contributed by atoms with E-state index in [1.165, 1.54) is 0 Å². The second-order valence-electron chi connectivity index (χ2n) is 3.40. The molecule has 0 aromatic heterocycles. The zero-order chi connectivity index (χ0) is 10.8. The maximum atomic E-state index is 11.3. The first kappa shape index (κ1) is 10.1. The fraction of sp³-hybridized carbons (Fsp3) is 0.273. The van der Waals surface area contributed by atoms with Crippen molar-refractivity contribution in [3.05, 3.63) is 35.4 Å². The van der Waals surface area contributed by atoms with Crippen LogP contribution in [0.2, 0.25) is 0 Å². The Labute approximate surface area is 92.5 Å². The summed E-state index contributed by atoms with van der Waals surface area (Å²) in [6.45, 7) is 1.89. The number of carbonyl (C=O) groups excluding carboxylic acids is 1. The van der Waals surface area contributed by atoms with Crippen molar-refractivity contribution in [2.45, 2.75) is 17.5 Å². The summed E-state index contributed by atoms with van der Waals surface area (Å²) in [6, 6.07) is 9.37. The van der Waals surface area contributed by atoms with Crippen LogP contribution >= 0.6 is 11.8 Å². The third-order valence-corrected chi connectivity index (χ3v) is 3.61. The first-order chi connectivity index (χ1) is 7.20. The van der Waals surface area contributed by atoms with Crippen molar-refractivity contribution >= 4 is 17.7 Å². The number of thioether (sulfide) groups is 1. The van der Waals surface area contributed by atoms with Gasteiger partial charge in [-0.15, -0.1) is 11.8 Å². The van der Waals surface area contributed by atoms with Crippen LogP contribution < -0.4 is 5.32 Å². The summed E-state index contributed by atoms with van der Waals surface area (Å²) in [7, 11) is 0. The third kappa shape index (κ3) is 1.97. The van der Waals surface area contributed by atoms with Crippen molar-refractivity contribution in [2.24, 2.45) is 0 Å². The smallest absolute Gasteiger partial charge is 0.234 e. The van der Waals surface area contributed by atoms with Crippen LogP contribution in [-0.2, 0) is 4.79 Å². The van der Waals surface area contributed by atoms with Crippen LogP contribution in [0.15, 0.2) is 24.3 Å². The highest BCUT2D eigenvalue weighted by molar-refractivity contribution is 8.01. The average Bonchev–Trinajstić information content (AvgIpc) is 2.59. The van der Waals surface area contributed by atoms with Crippen molar-refractivity contribution in [1.29, 1.82) is 5.26 Å². The van der Waals surface area contributed by atoms with Gasteiger partial charge in [-0.25, -0.2) is 0 Å². The van der Waals surface area contributed by atoms with Crippen molar-refractivity contribution in [2.75, 3.05) is 0 Å². The van der Waals surface area contributed by atoms with E-state index in [1.54, 1.807) is 23.9 Å². The fourth-order valence-electron chi connectivity index (χ4n) is 1.44. The fourth-order valence-corrected chi connectivity index (χ4v) is 2.54. The largest absolute Gasteiger partial charge is 0.339 e. The van der Waals surface area contributed by atoms with Gasteiger partial charge in [0.25, 0.3) is 0 Å². The lowest BCUT2D eigenvalue weighted by Crippen LogP contribution is -2.22. The molecule has 15 heavy (non-hydrogen) atoms. The van der Waals surface area contributed by atoms with Crippen LogP contribution in [0.4, 0.5) is 0 Å². The van der Waals surface area contributed by atoms with Crippen LogP contribution in [-0.4, -0.2) is 11.2 Å². The summed E-state index contributed by atoms with van der Waals surface area (Å²) in [5.74, 6) is 0.0781. The predicted molar refractivity (Wildman–Crippen MR) is 59.1 cm³/mol. The molecule has 1 saturated heterocycles. The van der Waals surface area contributed by atoms with Gasteiger partial charge in [0.2, 0.25) is 5.91 Å². The number of amides is 1. The summed E-state index contributed by atoms with van der Waals surface area (Å²) >= 11 is 1.60. The molecule has 1 fully saturated rings. The van der Waals surface area contributed by atoms with Crippen LogP contribution in [0.3, 0.4) is 0 Å². The van der Waals surface area contributed by atoms with E-state index in [2.05, 4.69) is 11.4 Å². The highest BCUT2D eigenvalue weighted by Gasteiger charge is 2.29. The minimum Gasteiger partial charge on any atom is -0.339 e. The standard InChI is InChI=1S/C11H10N2OS/c1-7-10(14)13-11(15-7)9-4-2-8(6-12)3-5-9/h2-5,7,11H,1H3,(H,13,14). The minimum absolute atomic E-state index is 0.00523. The molecule has 1 amide bonds. The molecular formula is C11H10N2OS. The van der Waals surface area contributed by atoms with Gasteiger partial charge in [-0.05, 0) is 24.6 Å². The molecule has 0 bridgehead atoms. The van der Waals surface area contributed by atoms with Gasteiger partial charge in [-0.2, -0.15) is 5.26 Å². The average molecular weight is 218 g/mol. The summed E-state index contributed by atoms with van der Waals surface area (Å²) in [4.78, 5) is 11.3. The molecule has 2 atom stereocenters. The lowest BCUT2D eigenvalue weighted by molar-refractivity contribution is -0.119. The van der Waals surface area contributed by atoms with Gasteiger partial charge in [0.15, 0.2) is 0 Å². The molecule has 1 aliphatic rings. The molecule has 0 aliphatic carbocycles. The number of nitriles is 1. The maximum absolute atomic E-state index is 11.3. The van der Waals surface area contributed by atoms with Crippen molar-refractivity contribution in [3.8, 4) is 6.07 Å². The molecule has 76 valence electrons. The van der Waals surface area contributed by atoms with E-state index in [1.807, 2.05) is 19.1 Å². The van der Waals surface area contributed by atoms with E-state index in [0.29, 0.717) is 5.56 Å². The topological polar surface area (TPSA) is 52.9 Å². The Bertz CT molecular complexity index is 421. The molecule has 1 N–H and O–H groups in total. The van der Waals surface area contributed by atoms with Crippen molar-refractivity contribution in [1.82, 2.24) is 5.32 Å². The normalized spacial score (nSPS) is 24.7. The minimum atomic E-state index is 0.00523. The third-order valence-electron chi connectivity index (χ3n) is 2.33.